The van der Waals surface area contributed by atoms with Crippen molar-refractivity contribution in [2.45, 2.75) is 13.0 Å². The predicted octanol–water partition coefficient (Wildman–Crippen LogP) is 3.69. The lowest BCUT2D eigenvalue weighted by Crippen LogP contribution is -2.38. The average Bonchev–Trinajstić information content (AvgIpc) is 2.64. The summed E-state index contributed by atoms with van der Waals surface area (Å²) in [5, 5.41) is 9.17. The Bertz CT molecular complexity index is 756. The quantitative estimate of drug-likeness (QED) is 0.214. The molecule has 27 heavy (non-hydrogen) atoms. The van der Waals surface area contributed by atoms with Gasteiger partial charge in [-0.25, -0.2) is 4.39 Å². The van der Waals surface area contributed by atoms with Crippen LogP contribution in [0.15, 0.2) is 58.0 Å². The number of carbonyl (C=O) groups is 1. The molecule has 0 bridgehead atoms. The van der Waals surface area contributed by atoms with Gasteiger partial charge in [0, 0.05) is 36.7 Å². The molecule has 0 heterocycles. The number of aliphatic imine (C=N–C) groups is 1. The molecule has 0 atom stereocenters. The summed E-state index contributed by atoms with van der Waals surface area (Å²) in [5.41, 5.74) is 1.48. The monoisotopic (exact) mass is 548 g/mol. The minimum Gasteiger partial charge on any atom is -0.356 e. The van der Waals surface area contributed by atoms with Crippen LogP contribution >= 0.6 is 39.9 Å². The van der Waals surface area contributed by atoms with Gasteiger partial charge < -0.3 is 16.0 Å². The van der Waals surface area contributed by atoms with Gasteiger partial charge >= 0.3 is 0 Å². The second-order valence-electron chi connectivity index (χ2n) is 5.60. The van der Waals surface area contributed by atoms with Crippen molar-refractivity contribution >= 4 is 51.8 Å². The maximum absolute atomic E-state index is 13.2. The number of amides is 1. The number of carbonyl (C=O) groups excluding carboxylic acids is 1. The Labute approximate surface area is 184 Å². The van der Waals surface area contributed by atoms with Gasteiger partial charge in [0.2, 0.25) is 0 Å². The van der Waals surface area contributed by atoms with E-state index in [1.807, 2.05) is 18.2 Å². The zero-order chi connectivity index (χ0) is 18.8. The summed E-state index contributed by atoms with van der Waals surface area (Å²) in [4.78, 5) is 16.1. The van der Waals surface area contributed by atoms with Crippen LogP contribution in [0.1, 0.15) is 22.3 Å². The molecule has 8 heteroatoms. The summed E-state index contributed by atoms with van der Waals surface area (Å²) < 4.78 is 14.1. The van der Waals surface area contributed by atoms with E-state index in [0.717, 1.165) is 16.5 Å². The van der Waals surface area contributed by atoms with Crippen LogP contribution in [0.25, 0.3) is 0 Å². The van der Waals surface area contributed by atoms with Gasteiger partial charge in [0.1, 0.15) is 5.82 Å². The SMILES string of the molecule is CN=C(NCCCNC(=O)c1ccc(Br)cc1)NCc1cccc(F)c1.I. The second-order valence-corrected chi connectivity index (χ2v) is 6.51. The summed E-state index contributed by atoms with van der Waals surface area (Å²) in [6, 6.07) is 13.6. The van der Waals surface area contributed by atoms with Gasteiger partial charge in [0.15, 0.2) is 5.96 Å². The summed E-state index contributed by atoms with van der Waals surface area (Å²) in [7, 11) is 1.68. The van der Waals surface area contributed by atoms with Gasteiger partial charge in [0.05, 0.1) is 0 Å². The van der Waals surface area contributed by atoms with E-state index in [1.165, 1.54) is 12.1 Å². The molecule has 0 aliphatic carbocycles. The summed E-state index contributed by atoms with van der Waals surface area (Å²) in [5.74, 6) is 0.286. The molecular formula is C19H23BrFIN4O. The smallest absolute Gasteiger partial charge is 0.251 e. The number of benzene rings is 2. The Morgan fingerprint density at radius 3 is 2.44 bits per heavy atom. The Hall–Kier alpha value is -1.68. The molecule has 0 spiro atoms. The Kier molecular flexibility index (Phi) is 11.0. The third-order valence-electron chi connectivity index (χ3n) is 3.61. The topological polar surface area (TPSA) is 65.5 Å². The van der Waals surface area contributed by atoms with Crippen molar-refractivity contribution < 1.29 is 9.18 Å². The first-order valence-electron chi connectivity index (χ1n) is 8.31. The number of rotatable bonds is 7. The van der Waals surface area contributed by atoms with Crippen LogP contribution < -0.4 is 16.0 Å². The maximum Gasteiger partial charge on any atom is 0.251 e. The highest BCUT2D eigenvalue weighted by molar-refractivity contribution is 14.0. The molecule has 0 saturated heterocycles. The Morgan fingerprint density at radius 1 is 1.07 bits per heavy atom. The lowest BCUT2D eigenvalue weighted by Gasteiger charge is -2.12. The molecule has 1 amide bonds. The van der Waals surface area contributed by atoms with Crippen molar-refractivity contribution in [2.75, 3.05) is 20.1 Å². The number of nitrogens with zero attached hydrogens (tertiary/aromatic N) is 1. The highest BCUT2D eigenvalue weighted by Crippen LogP contribution is 2.10. The number of hydrogen-bond donors (Lipinski definition) is 3. The largest absolute Gasteiger partial charge is 0.356 e. The Morgan fingerprint density at radius 2 is 1.78 bits per heavy atom. The van der Waals surface area contributed by atoms with Crippen LogP contribution in [-0.2, 0) is 6.54 Å². The van der Waals surface area contributed by atoms with Gasteiger partial charge in [-0.1, -0.05) is 28.1 Å². The molecule has 2 rings (SSSR count). The third kappa shape index (κ3) is 8.70. The van der Waals surface area contributed by atoms with Gasteiger partial charge in [-0.05, 0) is 48.4 Å². The minimum absolute atomic E-state index is 0. The standard InChI is InChI=1S/C19H22BrFN4O.HI/c1-22-19(25-13-14-4-2-5-17(21)12-14)24-11-3-10-23-18(26)15-6-8-16(20)9-7-15;/h2,4-9,12H,3,10-11,13H2,1H3,(H,23,26)(H2,22,24,25);1H. The van der Waals surface area contributed by atoms with E-state index >= 15 is 0 Å². The van der Waals surface area contributed by atoms with Gasteiger partial charge in [0.25, 0.3) is 5.91 Å². The molecule has 2 aromatic carbocycles. The van der Waals surface area contributed by atoms with Crippen molar-refractivity contribution in [3.63, 3.8) is 0 Å². The van der Waals surface area contributed by atoms with Crippen LogP contribution in [-0.4, -0.2) is 32.0 Å². The predicted molar refractivity (Wildman–Crippen MR) is 121 cm³/mol. The third-order valence-corrected chi connectivity index (χ3v) is 4.14. The first-order valence-corrected chi connectivity index (χ1v) is 9.10. The van der Waals surface area contributed by atoms with Crippen molar-refractivity contribution in [1.29, 1.82) is 0 Å². The molecular weight excluding hydrogens is 526 g/mol. The van der Waals surface area contributed by atoms with Crippen molar-refractivity contribution in [3.8, 4) is 0 Å². The summed E-state index contributed by atoms with van der Waals surface area (Å²) in [6.45, 7) is 1.70. The fraction of sp³-hybridized carbons (Fsp3) is 0.263. The maximum atomic E-state index is 13.2. The zero-order valence-corrected chi connectivity index (χ0v) is 18.9. The molecule has 0 aromatic heterocycles. The van der Waals surface area contributed by atoms with Crippen molar-refractivity contribution in [3.05, 3.63) is 69.9 Å². The van der Waals surface area contributed by atoms with Gasteiger partial charge in [-0.2, -0.15) is 0 Å². The van der Waals surface area contributed by atoms with Crippen molar-refractivity contribution in [2.24, 2.45) is 4.99 Å². The van der Waals surface area contributed by atoms with E-state index in [1.54, 1.807) is 25.2 Å². The van der Waals surface area contributed by atoms with E-state index in [0.29, 0.717) is 31.2 Å². The molecule has 0 aliphatic rings. The highest BCUT2D eigenvalue weighted by Gasteiger charge is 2.04. The normalized spacial score (nSPS) is 10.7. The summed E-state index contributed by atoms with van der Waals surface area (Å²) >= 11 is 3.34. The van der Waals surface area contributed by atoms with E-state index in [4.69, 9.17) is 0 Å². The van der Waals surface area contributed by atoms with E-state index in [9.17, 15) is 9.18 Å². The molecule has 2 aromatic rings. The second kappa shape index (κ2) is 12.7. The van der Waals surface area contributed by atoms with Crippen LogP contribution in [0.3, 0.4) is 0 Å². The molecule has 3 N–H and O–H groups in total. The van der Waals surface area contributed by atoms with Crippen LogP contribution in [0, 0.1) is 5.82 Å². The lowest BCUT2D eigenvalue weighted by molar-refractivity contribution is 0.0953. The van der Waals surface area contributed by atoms with Crippen molar-refractivity contribution in [1.82, 2.24) is 16.0 Å². The minimum atomic E-state index is -0.256. The van der Waals surface area contributed by atoms with Crippen LogP contribution in [0.5, 0.6) is 0 Å². The molecule has 0 fully saturated rings. The fourth-order valence-corrected chi connectivity index (χ4v) is 2.52. The average molecular weight is 549 g/mol. The summed E-state index contributed by atoms with van der Waals surface area (Å²) in [6.07, 6.45) is 0.753. The van der Waals surface area contributed by atoms with Crippen LogP contribution in [0.4, 0.5) is 4.39 Å². The Balaban J connectivity index is 0.00000364. The molecule has 0 unspecified atom stereocenters. The molecule has 5 nitrogen and oxygen atoms in total. The molecule has 146 valence electrons. The first kappa shape index (κ1) is 23.4. The number of nitrogens with one attached hydrogen (secondary N) is 3. The molecule has 0 radical (unpaired) electrons. The molecule has 0 saturated carbocycles. The lowest BCUT2D eigenvalue weighted by atomic mass is 10.2. The fourth-order valence-electron chi connectivity index (χ4n) is 2.25. The van der Waals surface area contributed by atoms with E-state index in [2.05, 4.69) is 36.9 Å². The molecule has 0 aliphatic heterocycles. The van der Waals surface area contributed by atoms with E-state index < -0.39 is 0 Å². The van der Waals surface area contributed by atoms with E-state index in [-0.39, 0.29) is 35.7 Å². The number of halogens is 3. The van der Waals surface area contributed by atoms with Gasteiger partial charge in [-0.15, -0.1) is 24.0 Å². The van der Waals surface area contributed by atoms with Crippen LogP contribution in [0.2, 0.25) is 0 Å². The first-order chi connectivity index (χ1) is 12.6. The van der Waals surface area contributed by atoms with Gasteiger partial charge in [-0.3, -0.25) is 9.79 Å². The number of guanidine groups is 1. The highest BCUT2D eigenvalue weighted by atomic mass is 127. The zero-order valence-electron chi connectivity index (χ0n) is 15.0. The number of hydrogen-bond acceptors (Lipinski definition) is 2.